The number of H-pyrrole nitrogens is 1. The zero-order chi connectivity index (χ0) is 15.8. The van der Waals surface area contributed by atoms with Gasteiger partial charge in [-0.15, -0.1) is 5.10 Å². The first kappa shape index (κ1) is 15.5. The molecule has 1 heterocycles. The van der Waals surface area contributed by atoms with Crippen LogP contribution in [0.5, 0.6) is 0 Å². The fraction of sp³-hybridized carbons (Fsp3) is 0.100. The second-order valence-electron chi connectivity index (χ2n) is 3.92. The Labute approximate surface area is 129 Å². The Morgan fingerprint density at radius 2 is 2.05 bits per heavy atom. The monoisotopic (exact) mass is 350 g/mol. The van der Waals surface area contributed by atoms with Gasteiger partial charge in [-0.3, -0.25) is 5.10 Å². The average molecular weight is 351 g/mol. The molecule has 2 rings (SSSR count). The van der Waals surface area contributed by atoms with E-state index in [9.17, 15) is 13.2 Å². The number of aromatic amines is 1. The van der Waals surface area contributed by atoms with E-state index in [1.165, 1.54) is 0 Å². The van der Waals surface area contributed by atoms with Crippen LogP contribution in [0.15, 0.2) is 17.0 Å². The summed E-state index contributed by atoms with van der Waals surface area (Å²) in [5.74, 6) is -1.19. The molecule has 0 amide bonds. The first-order valence-electron chi connectivity index (χ1n) is 5.35. The number of anilines is 1. The predicted molar refractivity (Wildman–Crippen MR) is 75.3 cm³/mol. The summed E-state index contributed by atoms with van der Waals surface area (Å²) in [6.07, 6.45) is 0. The lowest BCUT2D eigenvalue weighted by molar-refractivity contribution is 0.0697. The van der Waals surface area contributed by atoms with Gasteiger partial charge in [0.05, 0.1) is 10.6 Å². The Morgan fingerprint density at radius 1 is 1.38 bits per heavy atom. The molecule has 0 bridgehead atoms. The Kier molecular flexibility index (Phi) is 4.08. The van der Waals surface area contributed by atoms with E-state index in [-0.39, 0.29) is 11.0 Å². The average Bonchev–Trinajstić information content (AvgIpc) is 2.76. The highest BCUT2D eigenvalue weighted by Gasteiger charge is 2.25. The maximum absolute atomic E-state index is 12.2. The lowest BCUT2D eigenvalue weighted by Gasteiger charge is -2.09. The molecule has 0 saturated carbocycles. The van der Waals surface area contributed by atoms with E-state index in [1.807, 2.05) is 0 Å². The summed E-state index contributed by atoms with van der Waals surface area (Å²) in [4.78, 5) is 14.3. The van der Waals surface area contributed by atoms with Crippen LogP contribution < -0.4 is 4.72 Å². The molecule has 1 aromatic carbocycles. The van der Waals surface area contributed by atoms with E-state index in [1.54, 1.807) is 6.92 Å². The van der Waals surface area contributed by atoms with Crippen LogP contribution >= 0.6 is 23.2 Å². The summed E-state index contributed by atoms with van der Waals surface area (Å²) < 4.78 is 26.5. The molecule has 8 nitrogen and oxygen atoms in total. The number of halogens is 2. The smallest absolute Gasteiger partial charge is 0.337 e. The predicted octanol–water partition coefficient (Wildman–Crippen LogP) is 1.92. The van der Waals surface area contributed by atoms with Gasteiger partial charge >= 0.3 is 5.97 Å². The number of hydrogen-bond donors (Lipinski definition) is 3. The second kappa shape index (κ2) is 5.51. The van der Waals surface area contributed by atoms with E-state index in [4.69, 9.17) is 28.3 Å². The van der Waals surface area contributed by atoms with Crippen LogP contribution in [-0.2, 0) is 10.0 Å². The zero-order valence-electron chi connectivity index (χ0n) is 10.4. The van der Waals surface area contributed by atoms with E-state index in [2.05, 4.69) is 19.9 Å². The first-order chi connectivity index (χ1) is 9.70. The summed E-state index contributed by atoms with van der Waals surface area (Å²) in [7, 11) is -4.18. The molecular weight excluding hydrogens is 343 g/mol. The maximum atomic E-state index is 12.2. The Balaban J connectivity index is 2.52. The fourth-order valence-electron chi connectivity index (χ4n) is 1.48. The maximum Gasteiger partial charge on any atom is 0.337 e. The van der Waals surface area contributed by atoms with Gasteiger partial charge in [0.15, 0.2) is 0 Å². The van der Waals surface area contributed by atoms with Gasteiger partial charge in [-0.2, -0.15) is 4.98 Å². The SMILES string of the molecule is Cc1nc(NS(=O)(=O)c2cc(Cl)cc(C(=O)O)c2Cl)n[nH]1. The summed E-state index contributed by atoms with van der Waals surface area (Å²) in [6.45, 7) is 1.58. The number of carboxylic acids is 1. The van der Waals surface area contributed by atoms with Gasteiger partial charge in [-0.1, -0.05) is 23.2 Å². The minimum absolute atomic E-state index is 0.0802. The van der Waals surface area contributed by atoms with Crippen LogP contribution in [0.2, 0.25) is 10.0 Å². The number of carbonyl (C=O) groups is 1. The highest BCUT2D eigenvalue weighted by molar-refractivity contribution is 7.92. The van der Waals surface area contributed by atoms with Gasteiger partial charge in [0.2, 0.25) is 0 Å². The van der Waals surface area contributed by atoms with Crippen molar-refractivity contribution in [1.82, 2.24) is 15.2 Å². The molecule has 21 heavy (non-hydrogen) atoms. The van der Waals surface area contributed by atoms with Crippen LogP contribution in [0.25, 0.3) is 0 Å². The van der Waals surface area contributed by atoms with Gasteiger partial charge in [-0.25, -0.2) is 17.9 Å². The molecule has 112 valence electrons. The molecule has 1 aromatic heterocycles. The number of sulfonamides is 1. The number of nitrogens with one attached hydrogen (secondary N) is 2. The van der Waals surface area contributed by atoms with Crippen LogP contribution in [-0.4, -0.2) is 34.7 Å². The second-order valence-corrected chi connectivity index (χ2v) is 6.39. The summed E-state index contributed by atoms with van der Waals surface area (Å²) in [6, 6.07) is 2.10. The van der Waals surface area contributed by atoms with Crippen molar-refractivity contribution in [2.75, 3.05) is 4.72 Å². The molecule has 0 atom stereocenters. The van der Waals surface area contributed by atoms with Crippen molar-refractivity contribution in [3.05, 3.63) is 33.6 Å². The van der Waals surface area contributed by atoms with Crippen LogP contribution in [0.3, 0.4) is 0 Å². The van der Waals surface area contributed by atoms with Crippen LogP contribution in [0.1, 0.15) is 16.2 Å². The first-order valence-corrected chi connectivity index (χ1v) is 7.59. The lowest BCUT2D eigenvalue weighted by atomic mass is 10.2. The van der Waals surface area contributed by atoms with E-state index in [0.29, 0.717) is 5.82 Å². The van der Waals surface area contributed by atoms with Gasteiger partial charge in [0.1, 0.15) is 10.7 Å². The van der Waals surface area contributed by atoms with Crippen molar-refractivity contribution < 1.29 is 18.3 Å². The Morgan fingerprint density at radius 3 is 2.57 bits per heavy atom. The third-order valence-corrected chi connectivity index (χ3v) is 4.44. The molecule has 0 radical (unpaired) electrons. The topological polar surface area (TPSA) is 125 Å². The van der Waals surface area contributed by atoms with E-state index >= 15 is 0 Å². The van der Waals surface area contributed by atoms with Crippen LogP contribution in [0, 0.1) is 6.92 Å². The third kappa shape index (κ3) is 3.26. The van der Waals surface area contributed by atoms with Gasteiger partial charge < -0.3 is 5.11 Å². The number of rotatable bonds is 4. The quantitative estimate of drug-likeness (QED) is 0.773. The molecular formula is C10H8Cl2N4O4S. The van der Waals surface area contributed by atoms with Crippen molar-refractivity contribution in [2.24, 2.45) is 0 Å². The third-order valence-electron chi connectivity index (χ3n) is 2.35. The van der Waals surface area contributed by atoms with E-state index < -0.39 is 31.5 Å². The van der Waals surface area contributed by atoms with Crippen LogP contribution in [0.4, 0.5) is 5.95 Å². The van der Waals surface area contributed by atoms with Crippen molar-refractivity contribution in [2.45, 2.75) is 11.8 Å². The molecule has 0 spiro atoms. The highest BCUT2D eigenvalue weighted by atomic mass is 35.5. The molecule has 0 saturated heterocycles. The number of aromatic nitrogens is 3. The molecule has 2 aromatic rings. The van der Waals surface area contributed by atoms with Crippen molar-refractivity contribution in [1.29, 1.82) is 0 Å². The van der Waals surface area contributed by atoms with Crippen molar-refractivity contribution in [3.63, 3.8) is 0 Å². The molecule has 3 N–H and O–H groups in total. The largest absolute Gasteiger partial charge is 0.478 e. The molecule has 0 aliphatic rings. The molecule has 11 heteroatoms. The normalized spacial score (nSPS) is 11.4. The van der Waals surface area contributed by atoms with E-state index in [0.717, 1.165) is 12.1 Å². The number of aromatic carboxylic acids is 1. The number of hydrogen-bond acceptors (Lipinski definition) is 5. The summed E-state index contributed by atoms with van der Waals surface area (Å²) >= 11 is 11.6. The molecule has 0 fully saturated rings. The lowest BCUT2D eigenvalue weighted by Crippen LogP contribution is -2.16. The Hall–Kier alpha value is -1.84. The van der Waals surface area contributed by atoms with Crippen molar-refractivity contribution >= 4 is 45.1 Å². The Bertz CT molecular complexity index is 818. The van der Waals surface area contributed by atoms with Gasteiger partial charge in [0.25, 0.3) is 16.0 Å². The minimum atomic E-state index is -4.18. The number of aryl methyl sites for hydroxylation is 1. The summed E-state index contributed by atoms with van der Waals surface area (Å²) in [5, 5.41) is 14.5. The number of benzene rings is 1. The van der Waals surface area contributed by atoms with Gasteiger partial charge in [-0.05, 0) is 19.1 Å². The van der Waals surface area contributed by atoms with Crippen molar-refractivity contribution in [3.8, 4) is 0 Å². The highest BCUT2D eigenvalue weighted by Crippen LogP contribution is 2.30. The number of nitrogens with zero attached hydrogens (tertiary/aromatic N) is 2. The number of carboxylic acid groups (broad SMARTS) is 1. The molecule has 0 aliphatic heterocycles. The summed E-state index contributed by atoms with van der Waals surface area (Å²) in [5.41, 5.74) is -0.421. The molecule has 0 aliphatic carbocycles. The fourth-order valence-corrected chi connectivity index (χ4v) is 3.33. The van der Waals surface area contributed by atoms with Gasteiger partial charge in [0, 0.05) is 5.02 Å². The minimum Gasteiger partial charge on any atom is -0.478 e. The standard InChI is InChI=1S/C10H8Cl2N4O4S/c1-4-13-10(15-14-4)16-21(19,20)7-3-5(11)2-6(8(7)12)9(17)18/h2-3H,1H3,(H,17,18)(H2,13,14,15,16). The zero-order valence-corrected chi connectivity index (χ0v) is 12.7. The molecule has 0 unspecified atom stereocenters.